The van der Waals surface area contributed by atoms with Crippen LogP contribution in [-0.2, 0) is 19.4 Å². The normalized spacial score (nSPS) is 24.1. The minimum atomic E-state index is -4.10. The lowest BCUT2D eigenvalue weighted by atomic mass is 9.72. The number of sulfone groups is 1. The first kappa shape index (κ1) is 21.5. The summed E-state index contributed by atoms with van der Waals surface area (Å²) in [6.07, 6.45) is 2.10. The second-order valence-electron chi connectivity index (χ2n) is 7.89. The molecule has 8 heteroatoms. The maximum absolute atomic E-state index is 15.1. The summed E-state index contributed by atoms with van der Waals surface area (Å²) in [5, 5.41) is 4.08. The summed E-state index contributed by atoms with van der Waals surface area (Å²) in [4.78, 5) is 5.25. The molecule has 2 aromatic carbocycles. The van der Waals surface area contributed by atoms with E-state index in [-0.39, 0.29) is 48.7 Å². The van der Waals surface area contributed by atoms with Crippen molar-refractivity contribution >= 4 is 15.5 Å². The molecule has 31 heavy (non-hydrogen) atoms. The van der Waals surface area contributed by atoms with Gasteiger partial charge in [-0.25, -0.2) is 17.2 Å². The summed E-state index contributed by atoms with van der Waals surface area (Å²) in [5.74, 6) is -2.54. The number of fused-ring (bicyclic) bond motifs is 3. The standard InChI is InChI=1S/C23H23F2NO4S/c1-3-12-30-26-17-10-11-23(31(27,28)18-6-4-15(2)5-7-18)16(13-17)14-29-22-20(25)9-8-19(24)21(22)23/h3-9,16H,1,10-14H2,2H3/b26-17-/t16-,23+/m1/s1. The summed E-state index contributed by atoms with van der Waals surface area (Å²) in [7, 11) is -4.10. The van der Waals surface area contributed by atoms with Gasteiger partial charge < -0.3 is 9.57 Å². The molecule has 2 aliphatic rings. The van der Waals surface area contributed by atoms with Crippen LogP contribution in [0.5, 0.6) is 5.75 Å². The molecule has 5 nitrogen and oxygen atoms in total. The molecule has 1 heterocycles. The van der Waals surface area contributed by atoms with E-state index in [9.17, 15) is 12.8 Å². The largest absolute Gasteiger partial charge is 0.490 e. The second-order valence-corrected chi connectivity index (χ2v) is 10.1. The summed E-state index contributed by atoms with van der Waals surface area (Å²) < 4.78 is 61.6. The number of nitrogens with zero attached hydrogens (tertiary/aromatic N) is 1. The van der Waals surface area contributed by atoms with Crippen molar-refractivity contribution in [1.82, 2.24) is 0 Å². The first-order valence-electron chi connectivity index (χ1n) is 10.0. The molecule has 1 aliphatic heterocycles. The van der Waals surface area contributed by atoms with Gasteiger partial charge in [-0.15, -0.1) is 0 Å². The summed E-state index contributed by atoms with van der Waals surface area (Å²) in [6, 6.07) is 8.33. The lowest BCUT2D eigenvalue weighted by Gasteiger charge is -2.47. The van der Waals surface area contributed by atoms with Crippen LogP contribution in [0.1, 0.15) is 30.4 Å². The Kier molecular flexibility index (Phi) is 5.60. The van der Waals surface area contributed by atoms with Gasteiger partial charge in [0.25, 0.3) is 0 Å². The van der Waals surface area contributed by atoms with Crippen LogP contribution in [0, 0.1) is 24.5 Å². The van der Waals surface area contributed by atoms with Crippen LogP contribution in [0.4, 0.5) is 8.78 Å². The molecule has 1 aliphatic carbocycles. The molecule has 0 saturated heterocycles. The van der Waals surface area contributed by atoms with Crippen molar-refractivity contribution in [3.63, 3.8) is 0 Å². The van der Waals surface area contributed by atoms with Crippen LogP contribution < -0.4 is 4.74 Å². The third kappa shape index (κ3) is 3.43. The van der Waals surface area contributed by atoms with Crippen LogP contribution in [0.25, 0.3) is 0 Å². The number of ether oxygens (including phenoxy) is 1. The third-order valence-corrected chi connectivity index (χ3v) is 8.63. The van der Waals surface area contributed by atoms with E-state index in [0.29, 0.717) is 5.71 Å². The molecule has 0 radical (unpaired) electrons. The quantitative estimate of drug-likeness (QED) is 0.379. The zero-order valence-corrected chi connectivity index (χ0v) is 17.9. The predicted octanol–water partition coefficient (Wildman–Crippen LogP) is 4.69. The van der Waals surface area contributed by atoms with Gasteiger partial charge in [-0.05, 0) is 50.5 Å². The molecule has 164 valence electrons. The minimum absolute atomic E-state index is 0.0426. The second kappa shape index (κ2) is 8.07. The van der Waals surface area contributed by atoms with Gasteiger partial charge in [0, 0.05) is 5.92 Å². The van der Waals surface area contributed by atoms with Crippen molar-refractivity contribution in [1.29, 1.82) is 0 Å². The molecule has 0 N–H and O–H groups in total. The SMILES string of the molecule is C=CCO/N=C1/CC[C@@]2(S(=O)(=O)c3ccc(C)cc3)c3c(F)ccc(F)c3OC[C@H]2C1. The van der Waals surface area contributed by atoms with E-state index in [1.807, 2.05) is 6.92 Å². The van der Waals surface area contributed by atoms with Crippen LogP contribution >= 0.6 is 0 Å². The molecule has 0 unspecified atom stereocenters. The number of oxime groups is 1. The first-order chi connectivity index (χ1) is 14.8. The fourth-order valence-electron chi connectivity index (χ4n) is 4.54. The number of rotatable bonds is 5. The Hall–Kier alpha value is -2.74. The Balaban J connectivity index is 1.90. The molecule has 0 amide bonds. The van der Waals surface area contributed by atoms with Crippen molar-refractivity contribution in [3.05, 3.63) is 71.8 Å². The fourth-order valence-corrected chi connectivity index (χ4v) is 6.88. The maximum Gasteiger partial charge on any atom is 0.188 e. The van der Waals surface area contributed by atoms with Crippen molar-refractivity contribution in [2.75, 3.05) is 13.2 Å². The van der Waals surface area contributed by atoms with E-state index in [1.165, 1.54) is 12.1 Å². The highest BCUT2D eigenvalue weighted by Gasteiger charge is 2.59. The van der Waals surface area contributed by atoms with Gasteiger partial charge in [0.15, 0.2) is 21.4 Å². The highest BCUT2D eigenvalue weighted by molar-refractivity contribution is 7.92. The molecule has 0 spiro atoms. The van der Waals surface area contributed by atoms with Crippen molar-refractivity contribution in [3.8, 4) is 5.75 Å². The Morgan fingerprint density at radius 3 is 2.65 bits per heavy atom. The smallest absolute Gasteiger partial charge is 0.188 e. The van der Waals surface area contributed by atoms with Gasteiger partial charge in [-0.3, -0.25) is 0 Å². The minimum Gasteiger partial charge on any atom is -0.490 e. The third-order valence-electron chi connectivity index (χ3n) is 6.03. The van der Waals surface area contributed by atoms with Crippen LogP contribution in [0.3, 0.4) is 0 Å². The van der Waals surface area contributed by atoms with E-state index in [4.69, 9.17) is 9.57 Å². The van der Waals surface area contributed by atoms with Gasteiger partial charge >= 0.3 is 0 Å². The molecule has 0 bridgehead atoms. The van der Waals surface area contributed by atoms with E-state index >= 15 is 4.39 Å². The number of halogens is 2. The molecule has 2 atom stereocenters. The molecular weight excluding hydrogens is 424 g/mol. The Morgan fingerprint density at radius 2 is 1.94 bits per heavy atom. The zero-order chi connectivity index (χ0) is 22.2. The Morgan fingerprint density at radius 1 is 1.23 bits per heavy atom. The lowest BCUT2D eigenvalue weighted by molar-refractivity contribution is 0.142. The molecule has 1 fully saturated rings. The van der Waals surface area contributed by atoms with Gasteiger partial charge in [-0.2, -0.15) is 0 Å². The Bertz CT molecular complexity index is 1140. The van der Waals surface area contributed by atoms with E-state index in [2.05, 4.69) is 11.7 Å². The average Bonchev–Trinajstić information content (AvgIpc) is 2.76. The van der Waals surface area contributed by atoms with Crippen LogP contribution in [-0.4, -0.2) is 27.3 Å². The van der Waals surface area contributed by atoms with Gasteiger partial charge in [0.2, 0.25) is 0 Å². The number of aryl methyl sites for hydroxylation is 1. The maximum atomic E-state index is 15.1. The summed E-state index contributed by atoms with van der Waals surface area (Å²) in [6.45, 7) is 5.57. The number of benzene rings is 2. The molecule has 1 saturated carbocycles. The van der Waals surface area contributed by atoms with Crippen molar-refractivity contribution < 1.29 is 26.8 Å². The zero-order valence-electron chi connectivity index (χ0n) is 17.1. The van der Waals surface area contributed by atoms with Crippen molar-refractivity contribution in [2.45, 2.75) is 35.8 Å². The van der Waals surface area contributed by atoms with Gasteiger partial charge in [0.1, 0.15) is 17.2 Å². The van der Waals surface area contributed by atoms with E-state index < -0.39 is 32.1 Å². The average molecular weight is 448 g/mol. The predicted molar refractivity (Wildman–Crippen MR) is 113 cm³/mol. The van der Waals surface area contributed by atoms with Crippen molar-refractivity contribution in [2.24, 2.45) is 11.1 Å². The van der Waals surface area contributed by atoms with Crippen LogP contribution in [0.2, 0.25) is 0 Å². The van der Waals surface area contributed by atoms with Gasteiger partial charge in [0.05, 0.1) is 22.8 Å². The van der Waals surface area contributed by atoms with E-state index in [1.54, 1.807) is 18.2 Å². The highest BCUT2D eigenvalue weighted by Crippen LogP contribution is 2.56. The molecular formula is C23H23F2NO4S. The number of hydrogen-bond donors (Lipinski definition) is 0. The molecule has 4 rings (SSSR count). The fraction of sp³-hybridized carbons (Fsp3) is 0.348. The Labute approximate surface area is 180 Å². The molecule has 0 aromatic heterocycles. The lowest BCUT2D eigenvalue weighted by Crippen LogP contribution is -2.52. The summed E-state index contributed by atoms with van der Waals surface area (Å²) in [5.41, 5.74) is 1.33. The molecule has 2 aromatic rings. The summed E-state index contributed by atoms with van der Waals surface area (Å²) >= 11 is 0. The van der Waals surface area contributed by atoms with Crippen LogP contribution in [0.15, 0.2) is 59.1 Å². The first-order valence-corrected chi connectivity index (χ1v) is 11.5. The monoisotopic (exact) mass is 447 g/mol. The van der Waals surface area contributed by atoms with Gasteiger partial charge in [-0.1, -0.05) is 35.5 Å². The topological polar surface area (TPSA) is 65.0 Å². The highest BCUT2D eigenvalue weighted by atomic mass is 32.2. The van der Waals surface area contributed by atoms with E-state index in [0.717, 1.165) is 17.7 Å². The number of hydrogen-bond acceptors (Lipinski definition) is 5.